The van der Waals surface area contributed by atoms with E-state index in [0.717, 1.165) is 0 Å². The van der Waals surface area contributed by atoms with E-state index in [2.05, 4.69) is 5.18 Å². The molecule has 1 rings (SSSR count). The molecule has 0 aliphatic carbocycles. The summed E-state index contributed by atoms with van der Waals surface area (Å²) >= 11 is 0. The molecule has 0 fully saturated rings. The first-order valence-corrected chi connectivity index (χ1v) is 4.34. The Bertz CT molecular complexity index is 429. The summed E-state index contributed by atoms with van der Waals surface area (Å²) in [5.41, 5.74) is 0.163. The molecule has 1 unspecified atom stereocenters. The van der Waals surface area contributed by atoms with Gasteiger partial charge in [0.15, 0.2) is 5.92 Å². The van der Waals surface area contributed by atoms with Gasteiger partial charge in [-0.15, -0.1) is 4.91 Å². The molecule has 1 aromatic carbocycles. The van der Waals surface area contributed by atoms with Crippen LogP contribution in [0.25, 0.3) is 0 Å². The van der Waals surface area contributed by atoms with Crippen molar-refractivity contribution in [1.82, 2.24) is 0 Å². The maximum atomic E-state index is 11.1. The van der Waals surface area contributed by atoms with Gasteiger partial charge in [0.1, 0.15) is 5.75 Å². The molecule has 84 valence electrons. The molecule has 6 heteroatoms. The summed E-state index contributed by atoms with van der Waals surface area (Å²) < 4.78 is 4.89. The number of methoxy groups -OCH3 is 1. The van der Waals surface area contributed by atoms with Crippen molar-refractivity contribution >= 4 is 11.9 Å². The smallest absolute Gasteiger partial charge is 0.320 e. The predicted octanol–water partition coefficient (Wildman–Crippen LogP) is 1.16. The zero-order valence-electron chi connectivity index (χ0n) is 8.41. The van der Waals surface area contributed by atoms with Crippen LogP contribution in [-0.2, 0) is 9.59 Å². The summed E-state index contributed by atoms with van der Waals surface area (Å²) in [6, 6.07) is 5.93. The minimum Gasteiger partial charge on any atom is -0.497 e. The molecule has 0 aromatic heterocycles. The number of ether oxygens (including phenoxy) is 1. The molecule has 16 heavy (non-hydrogen) atoms. The van der Waals surface area contributed by atoms with Crippen LogP contribution in [0, 0.1) is 4.91 Å². The second kappa shape index (κ2) is 5.01. The number of carboxylic acid groups (broad SMARTS) is 1. The highest BCUT2D eigenvalue weighted by atomic mass is 16.5. The van der Waals surface area contributed by atoms with Crippen LogP contribution in [0.5, 0.6) is 5.75 Å². The second-order valence-electron chi connectivity index (χ2n) is 2.98. The van der Waals surface area contributed by atoms with E-state index in [1.165, 1.54) is 25.3 Å². The van der Waals surface area contributed by atoms with Gasteiger partial charge in [0, 0.05) is 5.18 Å². The number of carboxylic acids is 1. The lowest BCUT2D eigenvalue weighted by atomic mass is 9.98. The zero-order valence-corrected chi connectivity index (χ0v) is 8.41. The Kier molecular flexibility index (Phi) is 3.71. The van der Waals surface area contributed by atoms with Gasteiger partial charge < -0.3 is 9.84 Å². The van der Waals surface area contributed by atoms with Gasteiger partial charge >= 0.3 is 11.9 Å². The van der Waals surface area contributed by atoms with E-state index in [9.17, 15) is 14.5 Å². The lowest BCUT2D eigenvalue weighted by molar-refractivity contribution is -0.142. The number of hydrogen-bond acceptors (Lipinski definition) is 4. The summed E-state index contributed by atoms with van der Waals surface area (Å²) in [4.78, 5) is 32.0. The maximum Gasteiger partial charge on any atom is 0.320 e. The molecule has 1 aromatic rings. The SMILES string of the molecule is COc1cccc(C(C(=O)O)C(=O)N=O)c1. The van der Waals surface area contributed by atoms with Crippen LogP contribution < -0.4 is 4.74 Å². The number of aliphatic carboxylic acids is 1. The van der Waals surface area contributed by atoms with Crippen molar-refractivity contribution in [3.05, 3.63) is 34.7 Å². The van der Waals surface area contributed by atoms with Gasteiger partial charge in [0.2, 0.25) is 0 Å². The van der Waals surface area contributed by atoms with Gasteiger partial charge in [-0.05, 0) is 17.7 Å². The number of carbonyl (C=O) groups excluding carboxylic acids is 1. The third kappa shape index (κ3) is 2.41. The number of carbonyl (C=O) groups is 2. The Morgan fingerprint density at radius 1 is 1.44 bits per heavy atom. The van der Waals surface area contributed by atoms with E-state index in [4.69, 9.17) is 9.84 Å². The van der Waals surface area contributed by atoms with Gasteiger partial charge in [-0.3, -0.25) is 9.59 Å². The molecule has 0 saturated heterocycles. The van der Waals surface area contributed by atoms with Crippen LogP contribution in [-0.4, -0.2) is 24.1 Å². The average Bonchev–Trinajstić information content (AvgIpc) is 2.29. The third-order valence-electron chi connectivity index (χ3n) is 2.01. The third-order valence-corrected chi connectivity index (χ3v) is 2.01. The second-order valence-corrected chi connectivity index (χ2v) is 2.98. The molecule has 1 amide bonds. The quantitative estimate of drug-likeness (QED) is 0.610. The monoisotopic (exact) mass is 223 g/mol. The highest BCUT2D eigenvalue weighted by Crippen LogP contribution is 2.22. The predicted molar refractivity (Wildman–Crippen MR) is 54.2 cm³/mol. The fourth-order valence-corrected chi connectivity index (χ4v) is 1.26. The highest BCUT2D eigenvalue weighted by molar-refractivity contribution is 6.03. The number of rotatable bonds is 4. The van der Waals surface area contributed by atoms with Crippen molar-refractivity contribution in [3.8, 4) is 5.75 Å². The van der Waals surface area contributed by atoms with Gasteiger partial charge in [0.05, 0.1) is 7.11 Å². The van der Waals surface area contributed by atoms with Crippen molar-refractivity contribution in [1.29, 1.82) is 0 Å². The first-order valence-electron chi connectivity index (χ1n) is 4.34. The molecular weight excluding hydrogens is 214 g/mol. The molecule has 6 nitrogen and oxygen atoms in total. The highest BCUT2D eigenvalue weighted by Gasteiger charge is 2.29. The van der Waals surface area contributed by atoms with E-state index in [0.29, 0.717) is 5.75 Å². The fraction of sp³-hybridized carbons (Fsp3) is 0.200. The van der Waals surface area contributed by atoms with Gasteiger partial charge in [-0.25, -0.2) is 0 Å². The largest absolute Gasteiger partial charge is 0.497 e. The normalized spacial score (nSPS) is 11.6. The number of hydrogen-bond donors (Lipinski definition) is 1. The van der Waals surface area contributed by atoms with E-state index in [1.807, 2.05) is 0 Å². The van der Waals surface area contributed by atoms with E-state index in [1.54, 1.807) is 6.07 Å². The van der Waals surface area contributed by atoms with Crippen molar-refractivity contribution in [2.24, 2.45) is 5.18 Å². The first-order chi connectivity index (χ1) is 7.60. The van der Waals surface area contributed by atoms with Crippen molar-refractivity contribution in [2.75, 3.05) is 7.11 Å². The van der Waals surface area contributed by atoms with Crippen LogP contribution in [0.3, 0.4) is 0 Å². The topological polar surface area (TPSA) is 93.0 Å². The molecule has 0 aliphatic rings. The molecule has 0 aliphatic heterocycles. The lowest BCUT2D eigenvalue weighted by Gasteiger charge is -2.08. The van der Waals surface area contributed by atoms with Crippen LogP contribution in [0.1, 0.15) is 11.5 Å². The Labute approximate surface area is 90.8 Å². The minimum atomic E-state index is -1.58. The molecule has 0 bridgehead atoms. The fourth-order valence-electron chi connectivity index (χ4n) is 1.26. The van der Waals surface area contributed by atoms with Crippen LogP contribution in [0.15, 0.2) is 29.4 Å². The molecule has 1 atom stereocenters. The first kappa shape index (κ1) is 11.8. The summed E-state index contributed by atoms with van der Waals surface area (Å²) in [7, 11) is 1.41. The number of nitrogens with zero attached hydrogens (tertiary/aromatic N) is 1. The standard InChI is InChI=1S/C10H9NO5/c1-16-7-4-2-3-6(5-7)8(10(13)14)9(12)11-15/h2-5,8H,1H3,(H,13,14). The van der Waals surface area contributed by atoms with Crippen molar-refractivity contribution < 1.29 is 19.4 Å². The molecule has 0 heterocycles. The lowest BCUT2D eigenvalue weighted by Crippen LogP contribution is -2.19. The van der Waals surface area contributed by atoms with Crippen LogP contribution >= 0.6 is 0 Å². The Morgan fingerprint density at radius 3 is 2.62 bits per heavy atom. The Balaban J connectivity index is 3.15. The Morgan fingerprint density at radius 2 is 2.12 bits per heavy atom. The summed E-state index contributed by atoms with van der Waals surface area (Å²) in [6.07, 6.45) is 0. The van der Waals surface area contributed by atoms with Gasteiger partial charge in [0.25, 0.3) is 0 Å². The maximum absolute atomic E-state index is 11.1. The van der Waals surface area contributed by atoms with Crippen molar-refractivity contribution in [2.45, 2.75) is 5.92 Å². The summed E-state index contributed by atoms with van der Waals surface area (Å²) in [6.45, 7) is 0. The molecule has 0 radical (unpaired) electrons. The molecule has 0 saturated carbocycles. The van der Waals surface area contributed by atoms with Gasteiger partial charge in [-0.1, -0.05) is 12.1 Å². The number of nitroso groups, excluding NO2 is 1. The number of amides is 1. The molecule has 0 spiro atoms. The number of benzene rings is 1. The van der Waals surface area contributed by atoms with Crippen LogP contribution in [0.2, 0.25) is 0 Å². The Hall–Kier alpha value is -2.24. The van der Waals surface area contributed by atoms with Gasteiger partial charge in [-0.2, -0.15) is 0 Å². The van der Waals surface area contributed by atoms with E-state index >= 15 is 0 Å². The summed E-state index contributed by atoms with van der Waals surface area (Å²) in [5, 5.41) is 11.0. The van der Waals surface area contributed by atoms with Crippen LogP contribution in [0.4, 0.5) is 0 Å². The van der Waals surface area contributed by atoms with Crippen molar-refractivity contribution in [3.63, 3.8) is 0 Å². The van der Waals surface area contributed by atoms with E-state index in [-0.39, 0.29) is 5.56 Å². The minimum absolute atomic E-state index is 0.163. The molecule has 1 N–H and O–H groups in total. The molecular formula is C10H9NO5. The zero-order chi connectivity index (χ0) is 12.1. The summed E-state index contributed by atoms with van der Waals surface area (Å²) in [5.74, 6) is -3.83. The average molecular weight is 223 g/mol. The van der Waals surface area contributed by atoms with E-state index < -0.39 is 17.8 Å².